The Morgan fingerprint density at radius 1 is 0.811 bits per heavy atom. The van der Waals surface area contributed by atoms with Crippen LogP contribution in [0.4, 0.5) is 0 Å². The molecule has 37 heavy (non-hydrogen) atoms. The summed E-state index contributed by atoms with van der Waals surface area (Å²) in [4.78, 5) is 75.1. The molecule has 0 saturated carbocycles. The lowest BCUT2D eigenvalue weighted by Gasteiger charge is -2.25. The molecule has 16 heteroatoms. The van der Waals surface area contributed by atoms with Crippen LogP contribution in [0.25, 0.3) is 0 Å². The average molecular weight is 534 g/mol. The third-order valence-electron chi connectivity index (χ3n) is 4.83. The van der Waals surface area contributed by atoms with Gasteiger partial charge in [0, 0.05) is 13.0 Å². The van der Waals surface area contributed by atoms with Gasteiger partial charge in [0.1, 0.15) is 18.1 Å². The number of carboxylic acid groups (broad SMARTS) is 3. The highest BCUT2D eigenvalue weighted by atomic mass is 16.4. The van der Waals surface area contributed by atoms with E-state index in [9.17, 15) is 33.9 Å². The van der Waals surface area contributed by atoms with Crippen LogP contribution in [-0.4, -0.2) is 87.6 Å². The van der Waals surface area contributed by atoms with E-state index in [1.54, 1.807) is 0 Å². The first-order valence-electron chi connectivity index (χ1n) is 11.0. The van der Waals surface area contributed by atoms with E-state index >= 15 is 0 Å². The minimum Gasteiger partial charge on any atom is -0.481 e. The number of nitrogens with two attached hydrogens (primary N) is 3. The van der Waals surface area contributed by atoms with Crippen LogP contribution in [0.3, 0.4) is 0 Å². The predicted octanol–water partition coefficient (Wildman–Crippen LogP) is -2.46. The Bertz CT molecular complexity index is 844. The van der Waals surface area contributed by atoms with Gasteiger partial charge in [-0.2, -0.15) is 0 Å². The number of nitrogens with one attached hydrogen (secondary N) is 3. The molecular weight excluding hydrogens is 494 g/mol. The number of aliphatic carboxylic acids is 3. The molecule has 0 aliphatic rings. The van der Waals surface area contributed by atoms with Crippen molar-refractivity contribution in [2.75, 3.05) is 6.54 Å². The molecule has 0 fully saturated rings. The summed E-state index contributed by atoms with van der Waals surface area (Å²) in [6, 6.07) is -5.63. The number of carbonyl (C=O) groups is 6. The molecule has 0 aliphatic carbocycles. The van der Waals surface area contributed by atoms with Gasteiger partial charge in [-0.25, -0.2) is 4.79 Å². The molecule has 4 atom stereocenters. The normalized spacial score (nSPS) is 13.6. The van der Waals surface area contributed by atoms with Crippen LogP contribution in [0.2, 0.25) is 0 Å². The van der Waals surface area contributed by atoms with Gasteiger partial charge in [-0.05, 0) is 25.2 Å². The first-order chi connectivity index (χ1) is 16.6. The van der Waals surface area contributed by atoms with E-state index < -0.39 is 85.0 Å². The maximum Gasteiger partial charge on any atom is 0.326 e. The fourth-order valence-corrected chi connectivity index (χ4v) is 2.89. The van der Waals surface area contributed by atoms with Gasteiger partial charge in [0.2, 0.25) is 17.7 Å². The summed E-state index contributed by atoms with van der Waals surface area (Å²) in [5.74, 6) is -7.72. The number of amides is 3. The van der Waals surface area contributed by atoms with Crippen LogP contribution in [0, 0.1) is 5.92 Å². The van der Waals surface area contributed by atoms with Crippen molar-refractivity contribution in [3.63, 3.8) is 0 Å². The zero-order chi connectivity index (χ0) is 28.0. The topological polar surface area (TPSA) is 290 Å². The highest BCUT2D eigenvalue weighted by Gasteiger charge is 2.32. The highest BCUT2D eigenvalue weighted by molar-refractivity contribution is 5.95. The van der Waals surface area contributed by atoms with E-state index in [2.05, 4.69) is 20.9 Å². The molecule has 16 nitrogen and oxygen atoms in total. The van der Waals surface area contributed by atoms with Crippen molar-refractivity contribution >= 4 is 41.6 Å². The summed E-state index contributed by atoms with van der Waals surface area (Å²) in [7, 11) is 0. The van der Waals surface area contributed by atoms with Crippen molar-refractivity contribution < 1.29 is 44.1 Å². The minimum atomic E-state index is -1.70. The molecule has 3 amide bonds. The van der Waals surface area contributed by atoms with Crippen molar-refractivity contribution in [1.82, 2.24) is 16.0 Å². The summed E-state index contributed by atoms with van der Waals surface area (Å²) < 4.78 is 0. The van der Waals surface area contributed by atoms with Gasteiger partial charge in [-0.15, -0.1) is 0 Å². The molecule has 0 aromatic carbocycles. The third-order valence-corrected chi connectivity index (χ3v) is 4.83. The molecule has 0 saturated heterocycles. The maximum atomic E-state index is 12.8. The number of carbonyl (C=O) groups excluding carboxylic acids is 3. The molecule has 0 aliphatic heterocycles. The second-order valence-corrected chi connectivity index (χ2v) is 8.28. The van der Waals surface area contributed by atoms with Gasteiger partial charge in [-0.1, -0.05) is 21.3 Å². The molecular formula is C21H39N7O9. The zero-order valence-corrected chi connectivity index (χ0v) is 20.1. The quantitative estimate of drug-likeness (QED) is 0.0534. The predicted molar refractivity (Wildman–Crippen MR) is 132 cm³/mol. The van der Waals surface area contributed by atoms with Crippen LogP contribution in [0.5, 0.6) is 0 Å². The fraction of sp³-hybridized carbons (Fsp3) is 0.667. The largest absolute Gasteiger partial charge is 0.481 e. The molecule has 0 spiro atoms. The van der Waals surface area contributed by atoms with Crippen molar-refractivity contribution in [1.29, 1.82) is 0 Å². The Hall–Kier alpha value is -3.95. The second kappa shape index (κ2) is 17.5. The van der Waals surface area contributed by atoms with Crippen LogP contribution in [-0.2, 0) is 28.8 Å². The smallest absolute Gasteiger partial charge is 0.326 e. The molecule has 12 N–H and O–H groups in total. The fourth-order valence-electron chi connectivity index (χ4n) is 2.89. The van der Waals surface area contributed by atoms with Gasteiger partial charge < -0.3 is 48.5 Å². The zero-order valence-electron chi connectivity index (χ0n) is 20.1. The van der Waals surface area contributed by atoms with Crippen LogP contribution in [0.15, 0.2) is 4.99 Å². The van der Waals surface area contributed by atoms with E-state index in [4.69, 9.17) is 27.4 Å². The Kier molecular flexibility index (Phi) is 16.6. The van der Waals surface area contributed by atoms with Crippen molar-refractivity contribution in [2.24, 2.45) is 28.1 Å². The van der Waals surface area contributed by atoms with Crippen molar-refractivity contribution in [2.45, 2.75) is 77.5 Å². The molecule has 0 rings (SSSR count). The van der Waals surface area contributed by atoms with E-state index in [0.717, 1.165) is 0 Å². The van der Waals surface area contributed by atoms with Gasteiger partial charge in [0.25, 0.3) is 0 Å². The third kappa shape index (κ3) is 14.9. The summed E-state index contributed by atoms with van der Waals surface area (Å²) in [6.07, 6.45) is -1.36. The monoisotopic (exact) mass is 533 g/mol. The van der Waals surface area contributed by atoms with Gasteiger partial charge in [0.15, 0.2) is 5.96 Å². The molecule has 0 aromatic heterocycles. The number of carboxylic acids is 3. The number of nitrogens with zero attached hydrogens (tertiary/aromatic N) is 1. The Morgan fingerprint density at radius 2 is 1.35 bits per heavy atom. The number of rotatable bonds is 17. The van der Waals surface area contributed by atoms with Gasteiger partial charge in [-0.3, -0.25) is 29.0 Å². The molecule has 0 unspecified atom stereocenters. The first kappa shape index (κ1) is 35.2. The maximum absolute atomic E-state index is 12.8. The highest BCUT2D eigenvalue weighted by Crippen LogP contribution is 2.06. The molecule has 0 radical (unpaired) electrons. The number of aliphatic imine (C=N–C) groups is 1. The minimum absolute atomic E-state index is 0. The van der Waals surface area contributed by atoms with Gasteiger partial charge in [0.05, 0.1) is 12.5 Å². The van der Waals surface area contributed by atoms with E-state index in [-0.39, 0.29) is 26.4 Å². The van der Waals surface area contributed by atoms with E-state index in [0.29, 0.717) is 6.42 Å². The lowest BCUT2D eigenvalue weighted by molar-refractivity contribution is -0.144. The summed E-state index contributed by atoms with van der Waals surface area (Å²) >= 11 is 0. The second-order valence-electron chi connectivity index (χ2n) is 8.28. The average Bonchev–Trinajstić information content (AvgIpc) is 2.75. The number of guanidine groups is 1. The number of hydrogen-bond acceptors (Lipinski definition) is 8. The van der Waals surface area contributed by atoms with Crippen molar-refractivity contribution in [3.05, 3.63) is 0 Å². The Labute approximate surface area is 214 Å². The van der Waals surface area contributed by atoms with E-state index in [1.807, 2.05) is 0 Å². The van der Waals surface area contributed by atoms with Crippen molar-refractivity contribution in [3.8, 4) is 0 Å². The Balaban J connectivity index is 0. The lowest BCUT2D eigenvalue weighted by Crippen LogP contribution is -2.58. The summed E-state index contributed by atoms with van der Waals surface area (Å²) in [5.41, 5.74) is 16.2. The summed E-state index contributed by atoms with van der Waals surface area (Å²) in [5, 5.41) is 34.0. The van der Waals surface area contributed by atoms with Crippen LogP contribution in [0.1, 0.15) is 53.4 Å². The SMILES string of the molecule is C.CC(C)[C@H](NC(=O)[C@H](CC(=O)O)NC(=O)[C@H](CCC(=O)O)NC(=O)[C@@H](N)CCCN=C(N)N)C(=O)O. The van der Waals surface area contributed by atoms with E-state index in [1.165, 1.54) is 13.8 Å². The van der Waals surface area contributed by atoms with Crippen LogP contribution >= 0.6 is 0 Å². The molecule has 0 heterocycles. The molecule has 0 aromatic rings. The standard InChI is InChI=1S/C20H35N7O9.CH4/c1-9(2)15(19(35)36)27-18(34)12(8-14(30)31)26-17(33)11(5-6-13(28)29)25-16(32)10(21)4-3-7-24-20(22)23;/h9-12,15H,3-8,21H2,1-2H3,(H,25,32)(H,26,33)(H,27,34)(H,28,29)(H,30,31)(H,35,36)(H4,22,23,24);1H4/t10-,11-,12-,15-;/m0./s1. The van der Waals surface area contributed by atoms with Crippen LogP contribution < -0.4 is 33.2 Å². The van der Waals surface area contributed by atoms with Gasteiger partial charge >= 0.3 is 17.9 Å². The first-order valence-corrected chi connectivity index (χ1v) is 11.0. The molecule has 0 bridgehead atoms. The Morgan fingerprint density at radius 3 is 1.81 bits per heavy atom. The molecule has 212 valence electrons. The summed E-state index contributed by atoms with van der Waals surface area (Å²) in [6.45, 7) is 3.23. The number of hydrogen-bond donors (Lipinski definition) is 9. The lowest BCUT2D eigenvalue weighted by atomic mass is 10.0.